The van der Waals surface area contributed by atoms with Crippen LogP contribution in [0.1, 0.15) is 48.8 Å². The van der Waals surface area contributed by atoms with Crippen LogP contribution in [-0.2, 0) is 13.1 Å². The minimum absolute atomic E-state index is 0.167. The van der Waals surface area contributed by atoms with E-state index >= 15 is 0 Å². The zero-order valence-electron chi connectivity index (χ0n) is 18.2. The van der Waals surface area contributed by atoms with E-state index in [1.54, 1.807) is 36.4 Å². The summed E-state index contributed by atoms with van der Waals surface area (Å²) in [7, 11) is 0. The van der Waals surface area contributed by atoms with Gasteiger partial charge in [-0.25, -0.2) is 0 Å². The molecule has 5 heteroatoms. The molecule has 160 valence electrons. The summed E-state index contributed by atoms with van der Waals surface area (Å²) < 4.78 is 1.96. The lowest BCUT2D eigenvalue weighted by Crippen LogP contribution is -2.25. The molecule has 0 fully saturated rings. The first-order valence-electron chi connectivity index (χ1n) is 10.6. The molecule has 0 spiro atoms. The van der Waals surface area contributed by atoms with E-state index in [2.05, 4.69) is 22.5 Å². The lowest BCUT2D eigenvalue weighted by Gasteiger charge is -2.10. The molecule has 0 unspecified atom stereocenters. The third kappa shape index (κ3) is 4.52. The van der Waals surface area contributed by atoms with Crippen molar-refractivity contribution in [3.05, 3.63) is 124 Å². The summed E-state index contributed by atoms with van der Waals surface area (Å²) in [6, 6.07) is 26.1. The van der Waals surface area contributed by atoms with E-state index in [0.717, 1.165) is 17.0 Å². The second-order valence-corrected chi connectivity index (χ2v) is 7.72. The Hall–Kier alpha value is -3.99. The van der Waals surface area contributed by atoms with Crippen LogP contribution in [0.5, 0.6) is 0 Å². The quantitative estimate of drug-likeness (QED) is 0.438. The monoisotopic (exact) mass is 423 g/mol. The summed E-state index contributed by atoms with van der Waals surface area (Å²) in [4.78, 5) is 25.9. The minimum atomic E-state index is -0.278. The number of benzene rings is 3. The Kier molecular flexibility index (Phi) is 6.26. The molecule has 0 bridgehead atoms. The van der Waals surface area contributed by atoms with Crippen molar-refractivity contribution in [1.82, 2.24) is 15.1 Å². The lowest BCUT2D eigenvalue weighted by molar-refractivity contribution is 0.0939. The molecule has 0 saturated heterocycles. The van der Waals surface area contributed by atoms with Crippen molar-refractivity contribution in [2.45, 2.75) is 26.9 Å². The maximum atomic E-state index is 13.0. The average Bonchev–Trinajstić information content (AvgIpc) is 3.10. The number of ketones is 1. The summed E-state index contributed by atoms with van der Waals surface area (Å²) in [6.07, 6.45) is 0. The second-order valence-electron chi connectivity index (χ2n) is 7.72. The maximum Gasteiger partial charge on any atom is 0.252 e. The van der Waals surface area contributed by atoms with Gasteiger partial charge in [0.25, 0.3) is 5.91 Å². The predicted molar refractivity (Wildman–Crippen MR) is 125 cm³/mol. The van der Waals surface area contributed by atoms with Gasteiger partial charge in [-0.2, -0.15) is 5.10 Å². The highest BCUT2D eigenvalue weighted by atomic mass is 16.2. The molecule has 1 aromatic heterocycles. The largest absolute Gasteiger partial charge is 0.348 e. The number of nitrogens with one attached hydrogen (secondary N) is 1. The van der Waals surface area contributed by atoms with Gasteiger partial charge in [-0.15, -0.1) is 0 Å². The SMILES string of the molecule is Cc1nn(Cc2ccccc2)c(C)c1CNC(=O)c1ccccc1C(=O)c1ccccc1. The van der Waals surface area contributed by atoms with E-state index in [1.165, 1.54) is 5.56 Å². The molecule has 0 aliphatic heterocycles. The minimum Gasteiger partial charge on any atom is -0.348 e. The molecule has 0 radical (unpaired) electrons. The molecular formula is C27H25N3O2. The zero-order valence-corrected chi connectivity index (χ0v) is 18.2. The topological polar surface area (TPSA) is 64.0 Å². The molecular weight excluding hydrogens is 398 g/mol. The van der Waals surface area contributed by atoms with Gasteiger partial charge in [-0.1, -0.05) is 78.9 Å². The van der Waals surface area contributed by atoms with Crippen LogP contribution in [0.2, 0.25) is 0 Å². The van der Waals surface area contributed by atoms with Gasteiger partial charge in [0.05, 0.1) is 17.8 Å². The average molecular weight is 424 g/mol. The summed E-state index contributed by atoms with van der Waals surface area (Å²) in [5, 5.41) is 7.63. The van der Waals surface area contributed by atoms with E-state index in [1.807, 2.05) is 54.9 Å². The van der Waals surface area contributed by atoms with Crippen molar-refractivity contribution in [2.75, 3.05) is 0 Å². The van der Waals surface area contributed by atoms with Crippen molar-refractivity contribution in [1.29, 1.82) is 0 Å². The van der Waals surface area contributed by atoms with Crippen LogP contribution in [0.25, 0.3) is 0 Å². The molecule has 4 rings (SSSR count). The standard InChI is InChI=1S/C27H25N3O2/c1-19-25(20(2)30(29-19)18-21-11-5-3-6-12-21)17-28-27(32)24-16-10-9-15-23(24)26(31)22-13-7-4-8-14-22/h3-16H,17-18H2,1-2H3,(H,28,32). The summed E-state index contributed by atoms with van der Waals surface area (Å²) >= 11 is 0. The molecule has 32 heavy (non-hydrogen) atoms. The van der Waals surface area contributed by atoms with Crippen LogP contribution in [0.4, 0.5) is 0 Å². The van der Waals surface area contributed by atoms with Crippen LogP contribution < -0.4 is 5.32 Å². The highest BCUT2D eigenvalue weighted by Crippen LogP contribution is 2.17. The molecule has 1 heterocycles. The second kappa shape index (κ2) is 9.43. The number of aryl methyl sites for hydroxylation is 1. The van der Waals surface area contributed by atoms with E-state index < -0.39 is 0 Å². The summed E-state index contributed by atoms with van der Waals surface area (Å²) in [6.45, 7) is 4.98. The molecule has 0 aliphatic carbocycles. The van der Waals surface area contributed by atoms with Gasteiger partial charge in [0.2, 0.25) is 0 Å². The number of rotatable bonds is 7. The van der Waals surface area contributed by atoms with Crippen LogP contribution in [-0.4, -0.2) is 21.5 Å². The number of hydrogen-bond donors (Lipinski definition) is 1. The fourth-order valence-corrected chi connectivity index (χ4v) is 3.79. The van der Waals surface area contributed by atoms with Gasteiger partial charge in [0.15, 0.2) is 5.78 Å². The van der Waals surface area contributed by atoms with Crippen LogP contribution in [0.15, 0.2) is 84.9 Å². The molecule has 0 saturated carbocycles. The summed E-state index contributed by atoms with van der Waals surface area (Å²) in [5.74, 6) is -0.445. The Labute approximate surface area is 187 Å². The molecule has 0 aliphatic rings. The Morgan fingerprint density at radius 3 is 2.09 bits per heavy atom. The third-order valence-corrected chi connectivity index (χ3v) is 5.58. The first-order valence-corrected chi connectivity index (χ1v) is 10.6. The van der Waals surface area contributed by atoms with Gasteiger partial charge in [-0.3, -0.25) is 14.3 Å². The molecule has 0 atom stereocenters. The molecule has 1 N–H and O–H groups in total. The molecule has 1 amide bonds. The number of amides is 1. The van der Waals surface area contributed by atoms with Crippen molar-refractivity contribution in [2.24, 2.45) is 0 Å². The number of carbonyl (C=O) groups is 2. The molecule has 4 aromatic rings. The highest BCUT2D eigenvalue weighted by Gasteiger charge is 2.19. The van der Waals surface area contributed by atoms with Gasteiger partial charge >= 0.3 is 0 Å². The maximum absolute atomic E-state index is 13.0. The third-order valence-electron chi connectivity index (χ3n) is 5.58. The van der Waals surface area contributed by atoms with Gasteiger partial charge < -0.3 is 5.32 Å². The van der Waals surface area contributed by atoms with E-state index in [9.17, 15) is 9.59 Å². The number of aromatic nitrogens is 2. The Bertz CT molecular complexity index is 1240. The van der Waals surface area contributed by atoms with Gasteiger partial charge in [0, 0.05) is 28.9 Å². The number of carbonyl (C=O) groups excluding carboxylic acids is 2. The smallest absolute Gasteiger partial charge is 0.252 e. The zero-order chi connectivity index (χ0) is 22.5. The first kappa shape index (κ1) is 21.2. The normalized spacial score (nSPS) is 10.7. The van der Waals surface area contributed by atoms with Crippen molar-refractivity contribution in [3.8, 4) is 0 Å². The number of nitrogens with zero attached hydrogens (tertiary/aromatic N) is 2. The van der Waals surface area contributed by atoms with Gasteiger partial charge in [-0.05, 0) is 25.5 Å². The van der Waals surface area contributed by atoms with Crippen LogP contribution >= 0.6 is 0 Å². The summed E-state index contributed by atoms with van der Waals surface area (Å²) in [5.41, 5.74) is 5.37. The molecule has 3 aromatic carbocycles. The van der Waals surface area contributed by atoms with Crippen molar-refractivity contribution >= 4 is 11.7 Å². The Morgan fingerprint density at radius 2 is 1.41 bits per heavy atom. The Morgan fingerprint density at radius 1 is 0.812 bits per heavy atom. The van der Waals surface area contributed by atoms with Crippen molar-refractivity contribution in [3.63, 3.8) is 0 Å². The van der Waals surface area contributed by atoms with Crippen molar-refractivity contribution < 1.29 is 9.59 Å². The van der Waals surface area contributed by atoms with E-state index in [-0.39, 0.29) is 11.7 Å². The Balaban J connectivity index is 1.51. The lowest BCUT2D eigenvalue weighted by atomic mass is 9.98. The predicted octanol–water partition coefficient (Wildman–Crippen LogP) is 4.71. The van der Waals surface area contributed by atoms with Crippen LogP contribution in [0.3, 0.4) is 0 Å². The fourth-order valence-electron chi connectivity index (χ4n) is 3.79. The van der Waals surface area contributed by atoms with E-state index in [0.29, 0.717) is 29.8 Å². The first-order chi connectivity index (χ1) is 15.5. The van der Waals surface area contributed by atoms with E-state index in [4.69, 9.17) is 0 Å². The molecule has 5 nitrogen and oxygen atoms in total. The highest BCUT2D eigenvalue weighted by molar-refractivity contribution is 6.15. The van der Waals surface area contributed by atoms with Crippen LogP contribution in [0, 0.1) is 13.8 Å². The fraction of sp³-hybridized carbons (Fsp3) is 0.148. The van der Waals surface area contributed by atoms with Gasteiger partial charge in [0.1, 0.15) is 0 Å². The number of hydrogen-bond acceptors (Lipinski definition) is 3.